The van der Waals surface area contributed by atoms with Crippen molar-refractivity contribution in [3.05, 3.63) is 27.7 Å². The van der Waals surface area contributed by atoms with E-state index in [2.05, 4.69) is 26.6 Å². The van der Waals surface area contributed by atoms with Crippen molar-refractivity contribution in [1.29, 1.82) is 0 Å². The van der Waals surface area contributed by atoms with Crippen LogP contribution in [0.4, 0.5) is 10.5 Å². The fourth-order valence-corrected chi connectivity index (χ4v) is 1.77. The molecular weight excluding hydrogens is 339 g/mol. The Morgan fingerprint density at radius 3 is 2.79 bits per heavy atom. The first-order valence-electron chi connectivity index (χ1n) is 5.18. The average molecular weight is 352 g/mol. The van der Waals surface area contributed by atoms with E-state index < -0.39 is 18.0 Å². The van der Waals surface area contributed by atoms with Crippen molar-refractivity contribution >= 4 is 45.2 Å². The van der Waals surface area contributed by atoms with E-state index in [4.69, 9.17) is 21.4 Å². The number of carboxylic acid groups (broad SMARTS) is 1. The van der Waals surface area contributed by atoms with Crippen molar-refractivity contribution in [3.63, 3.8) is 0 Å². The Hall–Kier alpha value is -1.31. The second kappa shape index (κ2) is 7.32. The summed E-state index contributed by atoms with van der Waals surface area (Å²) in [5.74, 6) is -1.18. The molecule has 0 spiro atoms. The smallest absolute Gasteiger partial charge is 0.328 e. The third kappa shape index (κ3) is 5.06. The highest BCUT2D eigenvalue weighted by molar-refractivity contribution is 9.10. The fourth-order valence-electron chi connectivity index (χ4n) is 1.25. The number of ether oxygens (including phenoxy) is 1. The van der Waals surface area contributed by atoms with E-state index in [1.165, 1.54) is 13.2 Å². The normalized spacial score (nSPS) is 11.7. The highest BCUT2D eigenvalue weighted by Gasteiger charge is 2.19. The molecule has 1 unspecified atom stereocenters. The monoisotopic (exact) mass is 350 g/mol. The maximum atomic E-state index is 11.7. The van der Waals surface area contributed by atoms with E-state index >= 15 is 0 Å². The number of carbonyl (C=O) groups excluding carboxylic acids is 1. The van der Waals surface area contributed by atoms with Gasteiger partial charge in [0.25, 0.3) is 0 Å². The molecule has 6 nitrogen and oxygen atoms in total. The molecule has 0 aromatic heterocycles. The molecule has 3 N–H and O–H groups in total. The van der Waals surface area contributed by atoms with Gasteiger partial charge in [-0.2, -0.15) is 0 Å². The minimum Gasteiger partial charge on any atom is -0.480 e. The highest BCUT2D eigenvalue weighted by Crippen LogP contribution is 2.25. The van der Waals surface area contributed by atoms with E-state index in [1.807, 2.05) is 0 Å². The molecule has 0 bridgehead atoms. The number of nitrogens with one attached hydrogen (secondary N) is 2. The van der Waals surface area contributed by atoms with Crippen LogP contribution in [0, 0.1) is 0 Å². The lowest BCUT2D eigenvalue weighted by atomic mass is 10.3. The first-order valence-corrected chi connectivity index (χ1v) is 6.35. The van der Waals surface area contributed by atoms with Crippen LogP contribution in [-0.2, 0) is 9.53 Å². The lowest BCUT2D eigenvalue weighted by Gasteiger charge is -2.14. The van der Waals surface area contributed by atoms with Gasteiger partial charge in [0.15, 0.2) is 6.04 Å². The molecule has 1 atom stereocenters. The molecule has 1 aromatic carbocycles. The lowest BCUT2D eigenvalue weighted by molar-refractivity contribution is -0.140. The molecule has 0 fully saturated rings. The van der Waals surface area contributed by atoms with Gasteiger partial charge < -0.3 is 20.5 Å². The van der Waals surface area contributed by atoms with E-state index in [0.717, 1.165) is 0 Å². The van der Waals surface area contributed by atoms with Gasteiger partial charge >= 0.3 is 12.0 Å². The van der Waals surface area contributed by atoms with Crippen LogP contribution in [0.5, 0.6) is 0 Å². The Morgan fingerprint density at radius 2 is 2.21 bits per heavy atom. The van der Waals surface area contributed by atoms with Crippen molar-refractivity contribution in [1.82, 2.24) is 5.32 Å². The molecule has 0 aliphatic rings. The summed E-state index contributed by atoms with van der Waals surface area (Å²) in [6.45, 7) is -0.126. The molecule has 0 heterocycles. The van der Waals surface area contributed by atoms with Gasteiger partial charge in [0.1, 0.15) is 0 Å². The zero-order valence-electron chi connectivity index (χ0n) is 9.94. The molecule has 0 saturated heterocycles. The van der Waals surface area contributed by atoms with Crippen LogP contribution in [0.2, 0.25) is 5.02 Å². The topological polar surface area (TPSA) is 87.7 Å². The molecule has 8 heteroatoms. The minimum atomic E-state index is -1.18. The molecule has 0 aliphatic heterocycles. The van der Waals surface area contributed by atoms with Crippen LogP contribution >= 0.6 is 27.5 Å². The predicted octanol–water partition coefficient (Wildman–Crippen LogP) is 2.32. The predicted molar refractivity (Wildman–Crippen MR) is 74.6 cm³/mol. The number of carbonyl (C=O) groups is 2. The average Bonchev–Trinajstić information content (AvgIpc) is 2.33. The number of urea groups is 1. The third-order valence-corrected chi connectivity index (χ3v) is 3.04. The maximum absolute atomic E-state index is 11.7. The lowest BCUT2D eigenvalue weighted by Crippen LogP contribution is -2.45. The van der Waals surface area contributed by atoms with Crippen LogP contribution in [-0.4, -0.2) is 36.9 Å². The number of anilines is 1. The summed E-state index contributed by atoms with van der Waals surface area (Å²) in [4.78, 5) is 22.5. The number of rotatable bonds is 5. The Morgan fingerprint density at radius 1 is 1.53 bits per heavy atom. The van der Waals surface area contributed by atoms with Crippen LogP contribution in [0.1, 0.15) is 0 Å². The number of aliphatic carboxylic acids is 1. The number of benzene rings is 1. The molecule has 0 saturated carbocycles. The second-order valence-electron chi connectivity index (χ2n) is 3.57. The zero-order valence-corrected chi connectivity index (χ0v) is 12.3. The van der Waals surface area contributed by atoms with Crippen molar-refractivity contribution in [2.45, 2.75) is 6.04 Å². The minimum absolute atomic E-state index is 0.126. The first kappa shape index (κ1) is 15.7. The van der Waals surface area contributed by atoms with Gasteiger partial charge in [-0.25, -0.2) is 9.59 Å². The molecule has 0 aliphatic carbocycles. The maximum Gasteiger partial charge on any atom is 0.328 e. The van der Waals surface area contributed by atoms with Crippen molar-refractivity contribution in [2.75, 3.05) is 19.0 Å². The van der Waals surface area contributed by atoms with Gasteiger partial charge in [0.2, 0.25) is 0 Å². The number of hydrogen-bond acceptors (Lipinski definition) is 3. The van der Waals surface area contributed by atoms with Crippen molar-refractivity contribution in [3.8, 4) is 0 Å². The number of halogens is 2. The van der Waals surface area contributed by atoms with Gasteiger partial charge in [-0.3, -0.25) is 0 Å². The molecule has 1 aromatic rings. The number of amides is 2. The van der Waals surface area contributed by atoms with E-state index in [1.54, 1.807) is 12.1 Å². The standard InChI is InChI=1S/C11H12BrClN2O4/c1-19-5-9(10(16)17)15-11(18)14-8-4-6(13)2-3-7(8)12/h2-4,9H,5H2,1H3,(H,16,17)(H2,14,15,18). The van der Waals surface area contributed by atoms with Gasteiger partial charge in [0, 0.05) is 16.6 Å². The summed E-state index contributed by atoms with van der Waals surface area (Å²) in [5, 5.41) is 14.1. The zero-order chi connectivity index (χ0) is 14.4. The van der Waals surface area contributed by atoms with Crippen LogP contribution in [0.25, 0.3) is 0 Å². The molecule has 19 heavy (non-hydrogen) atoms. The molecule has 104 valence electrons. The van der Waals surface area contributed by atoms with Crippen molar-refractivity contribution in [2.24, 2.45) is 0 Å². The van der Waals surface area contributed by atoms with Crippen LogP contribution in [0.15, 0.2) is 22.7 Å². The summed E-state index contributed by atoms with van der Waals surface area (Å²) in [6.07, 6.45) is 0. The molecule has 0 radical (unpaired) electrons. The van der Waals surface area contributed by atoms with Gasteiger partial charge in [-0.15, -0.1) is 0 Å². The van der Waals surface area contributed by atoms with Gasteiger partial charge in [-0.05, 0) is 34.1 Å². The van der Waals surface area contributed by atoms with Crippen molar-refractivity contribution < 1.29 is 19.4 Å². The Bertz CT molecular complexity index is 484. The van der Waals surface area contributed by atoms with E-state index in [-0.39, 0.29) is 6.61 Å². The van der Waals surface area contributed by atoms with E-state index in [9.17, 15) is 9.59 Å². The summed E-state index contributed by atoms with van der Waals surface area (Å²) in [5.41, 5.74) is 0.437. The Labute approximate surface area is 123 Å². The fraction of sp³-hybridized carbons (Fsp3) is 0.273. The number of methoxy groups -OCH3 is 1. The first-order chi connectivity index (χ1) is 8.93. The number of carboxylic acids is 1. The SMILES string of the molecule is COCC(NC(=O)Nc1cc(Cl)ccc1Br)C(=O)O. The summed E-state index contributed by atoms with van der Waals surface area (Å²) < 4.78 is 5.34. The summed E-state index contributed by atoms with van der Waals surface area (Å²) in [7, 11) is 1.35. The Balaban J connectivity index is 2.68. The van der Waals surface area contributed by atoms with Gasteiger partial charge in [-0.1, -0.05) is 11.6 Å². The summed E-state index contributed by atoms with van der Waals surface area (Å²) in [6, 6.07) is 3.08. The quantitative estimate of drug-likeness (QED) is 0.760. The highest BCUT2D eigenvalue weighted by atomic mass is 79.9. The number of hydrogen-bond donors (Lipinski definition) is 3. The second-order valence-corrected chi connectivity index (χ2v) is 4.86. The van der Waals surface area contributed by atoms with Crippen LogP contribution < -0.4 is 10.6 Å². The largest absolute Gasteiger partial charge is 0.480 e. The molecule has 1 rings (SSSR count). The molecular formula is C11H12BrClN2O4. The summed E-state index contributed by atoms with van der Waals surface area (Å²) >= 11 is 9.04. The van der Waals surface area contributed by atoms with Gasteiger partial charge in [0.05, 0.1) is 12.3 Å². The molecule has 2 amide bonds. The van der Waals surface area contributed by atoms with Crippen LogP contribution in [0.3, 0.4) is 0 Å². The Kier molecular flexibility index (Phi) is 6.07. The van der Waals surface area contributed by atoms with E-state index in [0.29, 0.717) is 15.2 Å². The third-order valence-electron chi connectivity index (χ3n) is 2.11.